The summed E-state index contributed by atoms with van der Waals surface area (Å²) in [6.45, 7) is 1.72. The standard InChI is InChI=1S/C27H31FN2O2/c28-23-11-5-4-10-21(23)22-19-29-24(31)18-26(22)14-16-30(17-15-26)25(32)27(12-6-7-13-27)20-8-2-1-3-9-20/h1-5,8-11,22H,6-7,12-19H2,(H,29,31)/t22-/m0/s1. The number of rotatable bonds is 3. The number of carbonyl (C=O) groups excluding carboxylic acids is 2. The van der Waals surface area contributed by atoms with Crippen LogP contribution < -0.4 is 5.32 Å². The van der Waals surface area contributed by atoms with Gasteiger partial charge in [0, 0.05) is 32.0 Å². The van der Waals surface area contributed by atoms with Crippen LogP contribution in [-0.2, 0) is 15.0 Å². The van der Waals surface area contributed by atoms with Gasteiger partial charge in [-0.1, -0.05) is 61.4 Å². The summed E-state index contributed by atoms with van der Waals surface area (Å²) in [4.78, 5) is 28.2. The molecule has 168 valence electrons. The molecule has 1 aliphatic carbocycles. The van der Waals surface area contributed by atoms with Crippen molar-refractivity contribution in [3.63, 3.8) is 0 Å². The van der Waals surface area contributed by atoms with E-state index in [0.29, 0.717) is 31.6 Å². The van der Waals surface area contributed by atoms with Crippen molar-refractivity contribution in [3.8, 4) is 0 Å². The summed E-state index contributed by atoms with van der Waals surface area (Å²) in [7, 11) is 0. The van der Waals surface area contributed by atoms with Crippen molar-refractivity contribution < 1.29 is 14.0 Å². The molecule has 0 unspecified atom stereocenters. The highest BCUT2D eigenvalue weighted by Gasteiger charge is 2.50. The molecule has 2 heterocycles. The summed E-state index contributed by atoms with van der Waals surface area (Å²) in [5.41, 5.74) is 1.10. The molecule has 32 heavy (non-hydrogen) atoms. The second-order valence-corrected chi connectivity index (χ2v) is 9.86. The first-order chi connectivity index (χ1) is 15.5. The van der Waals surface area contributed by atoms with Crippen LogP contribution in [0.3, 0.4) is 0 Å². The Morgan fingerprint density at radius 3 is 2.28 bits per heavy atom. The van der Waals surface area contributed by atoms with Crippen molar-refractivity contribution in [2.45, 2.75) is 56.3 Å². The minimum atomic E-state index is -0.416. The van der Waals surface area contributed by atoms with Gasteiger partial charge in [0.05, 0.1) is 5.41 Å². The monoisotopic (exact) mass is 434 g/mol. The lowest BCUT2D eigenvalue weighted by Crippen LogP contribution is -2.55. The smallest absolute Gasteiger partial charge is 0.233 e. The van der Waals surface area contributed by atoms with E-state index in [4.69, 9.17) is 0 Å². The second kappa shape index (κ2) is 8.34. The van der Waals surface area contributed by atoms with Crippen LogP contribution in [0.2, 0.25) is 0 Å². The van der Waals surface area contributed by atoms with Crippen molar-refractivity contribution in [3.05, 3.63) is 71.5 Å². The van der Waals surface area contributed by atoms with E-state index in [1.165, 1.54) is 6.07 Å². The van der Waals surface area contributed by atoms with E-state index in [2.05, 4.69) is 17.4 Å². The van der Waals surface area contributed by atoms with Crippen molar-refractivity contribution in [2.75, 3.05) is 19.6 Å². The Morgan fingerprint density at radius 1 is 0.938 bits per heavy atom. The Bertz CT molecular complexity index is 992. The average Bonchev–Trinajstić information content (AvgIpc) is 3.32. The highest BCUT2D eigenvalue weighted by atomic mass is 19.1. The predicted molar refractivity (Wildman–Crippen MR) is 122 cm³/mol. The first-order valence-electron chi connectivity index (χ1n) is 11.9. The number of nitrogens with zero attached hydrogens (tertiary/aromatic N) is 1. The number of nitrogens with one attached hydrogen (secondary N) is 1. The second-order valence-electron chi connectivity index (χ2n) is 9.86. The maximum Gasteiger partial charge on any atom is 0.233 e. The third-order valence-electron chi connectivity index (χ3n) is 8.28. The summed E-state index contributed by atoms with van der Waals surface area (Å²) in [5, 5.41) is 2.95. The lowest BCUT2D eigenvalue weighted by molar-refractivity contribution is -0.141. The largest absolute Gasteiger partial charge is 0.355 e. The van der Waals surface area contributed by atoms with Gasteiger partial charge >= 0.3 is 0 Å². The maximum atomic E-state index is 14.7. The molecule has 5 rings (SSSR count). The SMILES string of the molecule is O=C1CC2(CCN(C(=O)C3(c4ccccc4)CCCC3)CC2)[C@H](c2ccccc2F)CN1. The normalized spacial score (nSPS) is 24.3. The highest BCUT2D eigenvalue weighted by molar-refractivity contribution is 5.89. The Labute approximate surface area is 189 Å². The number of piperidine rings is 2. The number of amides is 2. The quantitative estimate of drug-likeness (QED) is 0.771. The van der Waals surface area contributed by atoms with Gasteiger partial charge in [0.25, 0.3) is 0 Å². The van der Waals surface area contributed by atoms with E-state index < -0.39 is 5.41 Å². The number of benzene rings is 2. The van der Waals surface area contributed by atoms with E-state index in [1.807, 2.05) is 35.2 Å². The number of hydrogen-bond acceptors (Lipinski definition) is 2. The fourth-order valence-electron chi connectivity index (χ4n) is 6.48. The van der Waals surface area contributed by atoms with E-state index in [0.717, 1.165) is 44.1 Å². The molecule has 1 N–H and O–H groups in total. The molecule has 0 radical (unpaired) electrons. The lowest BCUT2D eigenvalue weighted by Gasteiger charge is -2.50. The third-order valence-corrected chi connectivity index (χ3v) is 8.28. The zero-order valence-electron chi connectivity index (χ0n) is 18.5. The molecular formula is C27H31FN2O2. The summed E-state index contributed by atoms with van der Waals surface area (Å²) in [5.74, 6) is 0.00130. The van der Waals surface area contributed by atoms with E-state index in [9.17, 15) is 14.0 Å². The van der Waals surface area contributed by atoms with Crippen LogP contribution in [0.25, 0.3) is 0 Å². The van der Waals surface area contributed by atoms with Crippen LogP contribution in [0.15, 0.2) is 54.6 Å². The van der Waals surface area contributed by atoms with Crippen molar-refractivity contribution in [1.82, 2.24) is 10.2 Å². The third kappa shape index (κ3) is 3.52. The summed E-state index contributed by atoms with van der Waals surface area (Å²) in [6, 6.07) is 17.1. The minimum absolute atomic E-state index is 0.0360. The molecule has 1 spiro atoms. The molecule has 2 saturated heterocycles. The van der Waals surface area contributed by atoms with Gasteiger partial charge in [0.15, 0.2) is 0 Å². The molecule has 2 amide bonds. The molecule has 0 aromatic heterocycles. The van der Waals surface area contributed by atoms with Crippen molar-refractivity contribution >= 4 is 11.8 Å². The average molecular weight is 435 g/mol. The molecule has 2 aromatic carbocycles. The Kier molecular flexibility index (Phi) is 5.52. The zero-order valence-corrected chi connectivity index (χ0v) is 18.5. The molecule has 3 aliphatic rings. The first kappa shape index (κ1) is 21.2. The first-order valence-corrected chi connectivity index (χ1v) is 11.9. The van der Waals surface area contributed by atoms with Gasteiger partial charge in [-0.15, -0.1) is 0 Å². The Hall–Kier alpha value is -2.69. The molecule has 2 aromatic rings. The summed E-state index contributed by atoms with van der Waals surface area (Å²) >= 11 is 0. The lowest BCUT2D eigenvalue weighted by atomic mass is 9.62. The number of likely N-dealkylation sites (tertiary alicyclic amines) is 1. The van der Waals surface area contributed by atoms with Crippen molar-refractivity contribution in [2.24, 2.45) is 5.41 Å². The summed E-state index contributed by atoms with van der Waals surface area (Å²) in [6.07, 6.45) is 5.82. The van der Waals surface area contributed by atoms with Gasteiger partial charge < -0.3 is 10.2 Å². The topological polar surface area (TPSA) is 49.4 Å². The number of halogens is 1. The van der Waals surface area contributed by atoms with Gasteiger partial charge in [0.2, 0.25) is 11.8 Å². The van der Waals surface area contributed by atoms with Gasteiger partial charge in [-0.25, -0.2) is 4.39 Å². The van der Waals surface area contributed by atoms with E-state index in [-0.39, 0.29) is 29.0 Å². The molecule has 2 aliphatic heterocycles. The zero-order chi connectivity index (χ0) is 22.2. The summed E-state index contributed by atoms with van der Waals surface area (Å²) < 4.78 is 14.7. The van der Waals surface area contributed by atoms with E-state index >= 15 is 0 Å². The highest BCUT2D eigenvalue weighted by Crippen LogP contribution is 2.50. The van der Waals surface area contributed by atoms with Gasteiger partial charge in [-0.05, 0) is 48.3 Å². The Morgan fingerprint density at radius 2 is 1.59 bits per heavy atom. The fourth-order valence-corrected chi connectivity index (χ4v) is 6.48. The van der Waals surface area contributed by atoms with Crippen molar-refractivity contribution in [1.29, 1.82) is 0 Å². The van der Waals surface area contributed by atoms with Crippen LogP contribution in [-0.4, -0.2) is 36.3 Å². The molecule has 4 nitrogen and oxygen atoms in total. The predicted octanol–water partition coefficient (Wildman–Crippen LogP) is 4.55. The van der Waals surface area contributed by atoms with Crippen LogP contribution in [0.4, 0.5) is 4.39 Å². The Balaban J connectivity index is 1.39. The number of hydrogen-bond donors (Lipinski definition) is 1. The van der Waals surface area contributed by atoms with E-state index in [1.54, 1.807) is 6.07 Å². The molecule has 5 heteroatoms. The maximum absolute atomic E-state index is 14.7. The van der Waals surface area contributed by atoms with Gasteiger partial charge in [0.1, 0.15) is 5.82 Å². The van der Waals surface area contributed by atoms with Gasteiger partial charge in [-0.2, -0.15) is 0 Å². The molecule has 0 bridgehead atoms. The molecule has 1 atom stereocenters. The fraction of sp³-hybridized carbons (Fsp3) is 0.481. The van der Waals surface area contributed by atoms with Gasteiger partial charge in [-0.3, -0.25) is 9.59 Å². The van der Waals surface area contributed by atoms with Crippen LogP contribution in [0.1, 0.15) is 62.0 Å². The molecule has 1 saturated carbocycles. The van der Waals surface area contributed by atoms with Crippen LogP contribution >= 0.6 is 0 Å². The van der Waals surface area contributed by atoms with Crippen LogP contribution in [0.5, 0.6) is 0 Å². The minimum Gasteiger partial charge on any atom is -0.355 e. The number of carbonyl (C=O) groups is 2. The van der Waals surface area contributed by atoms with Crippen LogP contribution in [0, 0.1) is 11.2 Å². The molecular weight excluding hydrogens is 403 g/mol. The molecule has 3 fully saturated rings.